The highest BCUT2D eigenvalue weighted by Gasteiger charge is 2.34. The van der Waals surface area contributed by atoms with Crippen molar-refractivity contribution in [1.82, 2.24) is 4.31 Å². The van der Waals surface area contributed by atoms with Gasteiger partial charge in [-0.2, -0.15) is 4.31 Å². The Morgan fingerprint density at radius 3 is 2.43 bits per heavy atom. The second kappa shape index (κ2) is 7.88. The molecule has 0 unspecified atom stereocenters. The fraction of sp³-hybridized carbons (Fsp3) is 0.588. The van der Waals surface area contributed by atoms with Crippen LogP contribution in [0.2, 0.25) is 0 Å². The van der Waals surface area contributed by atoms with Crippen LogP contribution in [0.1, 0.15) is 25.7 Å². The molecule has 2 aliphatic heterocycles. The Labute approximate surface area is 165 Å². The Bertz CT molecular complexity index is 953. The summed E-state index contributed by atoms with van der Waals surface area (Å²) < 4.78 is 59.0. The molecule has 28 heavy (non-hydrogen) atoms. The Hall–Kier alpha value is -1.85. The van der Waals surface area contributed by atoms with Crippen LogP contribution >= 0.6 is 0 Å². The molecule has 0 atom stereocenters. The molecule has 2 saturated heterocycles. The number of amides is 1. The molecule has 2 aliphatic rings. The molecule has 1 amide bonds. The number of primary amides is 1. The summed E-state index contributed by atoms with van der Waals surface area (Å²) in [5, 5.41) is 0. The van der Waals surface area contributed by atoms with Crippen LogP contribution in [-0.2, 0) is 24.8 Å². The number of hydrogen-bond donors (Lipinski definition) is 1. The van der Waals surface area contributed by atoms with Crippen LogP contribution in [0, 0.1) is 5.92 Å². The van der Waals surface area contributed by atoms with Gasteiger partial charge in [0, 0.05) is 25.6 Å². The largest absolute Gasteiger partial charge is 0.495 e. The molecule has 1 aromatic rings. The molecule has 0 saturated carbocycles. The molecule has 0 spiro atoms. The lowest BCUT2D eigenvalue weighted by Gasteiger charge is -2.31. The Kier molecular flexibility index (Phi) is 5.87. The van der Waals surface area contributed by atoms with E-state index in [1.807, 2.05) is 0 Å². The van der Waals surface area contributed by atoms with Gasteiger partial charge in [-0.3, -0.25) is 9.10 Å². The van der Waals surface area contributed by atoms with Gasteiger partial charge >= 0.3 is 0 Å². The van der Waals surface area contributed by atoms with Crippen molar-refractivity contribution >= 4 is 31.6 Å². The lowest BCUT2D eigenvalue weighted by molar-refractivity contribution is -0.122. The van der Waals surface area contributed by atoms with E-state index in [4.69, 9.17) is 10.5 Å². The summed E-state index contributed by atoms with van der Waals surface area (Å²) in [6.45, 7) is 0.662. The van der Waals surface area contributed by atoms with Gasteiger partial charge in [-0.1, -0.05) is 0 Å². The van der Waals surface area contributed by atoms with E-state index in [9.17, 15) is 21.6 Å². The van der Waals surface area contributed by atoms with Crippen molar-refractivity contribution in [2.45, 2.75) is 30.6 Å². The van der Waals surface area contributed by atoms with Crippen LogP contribution in [0.4, 0.5) is 5.69 Å². The van der Waals surface area contributed by atoms with Crippen molar-refractivity contribution in [3.63, 3.8) is 0 Å². The molecule has 0 aromatic heterocycles. The predicted molar refractivity (Wildman–Crippen MR) is 104 cm³/mol. The number of sulfonamides is 2. The third-order valence-corrected chi connectivity index (χ3v) is 9.05. The molecule has 11 heteroatoms. The molecule has 2 heterocycles. The third kappa shape index (κ3) is 3.96. The first-order valence-corrected chi connectivity index (χ1v) is 12.2. The lowest BCUT2D eigenvalue weighted by Crippen LogP contribution is -2.42. The average molecular weight is 432 g/mol. The SMILES string of the molecule is COc1ccc(N2CCCCS2(=O)=O)cc1S(=O)(=O)N1CCC(C(N)=O)CC1. The Morgan fingerprint density at radius 2 is 1.86 bits per heavy atom. The van der Waals surface area contributed by atoms with E-state index in [0.29, 0.717) is 37.9 Å². The fourth-order valence-corrected chi connectivity index (χ4v) is 6.90. The van der Waals surface area contributed by atoms with Gasteiger partial charge in [-0.05, 0) is 43.9 Å². The van der Waals surface area contributed by atoms with Crippen LogP contribution in [0.15, 0.2) is 23.1 Å². The van der Waals surface area contributed by atoms with E-state index in [1.54, 1.807) is 6.07 Å². The van der Waals surface area contributed by atoms with E-state index in [0.717, 1.165) is 0 Å². The zero-order chi connectivity index (χ0) is 20.5. The Balaban J connectivity index is 1.95. The molecule has 0 aliphatic carbocycles. The predicted octanol–water partition coefficient (Wildman–Crippen LogP) is 0.511. The van der Waals surface area contributed by atoms with Gasteiger partial charge in [0.2, 0.25) is 26.0 Å². The zero-order valence-electron chi connectivity index (χ0n) is 15.7. The number of rotatable bonds is 5. The summed E-state index contributed by atoms with van der Waals surface area (Å²) in [6, 6.07) is 4.39. The highest BCUT2D eigenvalue weighted by Crippen LogP contribution is 2.34. The van der Waals surface area contributed by atoms with Gasteiger partial charge < -0.3 is 10.5 Å². The molecular formula is C17H25N3O6S2. The first-order chi connectivity index (χ1) is 13.2. The second-order valence-electron chi connectivity index (χ2n) is 7.01. The minimum atomic E-state index is -3.92. The number of methoxy groups -OCH3 is 1. The van der Waals surface area contributed by atoms with E-state index in [1.165, 1.54) is 27.9 Å². The van der Waals surface area contributed by atoms with Gasteiger partial charge in [-0.25, -0.2) is 16.8 Å². The monoisotopic (exact) mass is 431 g/mol. The lowest BCUT2D eigenvalue weighted by atomic mass is 9.98. The number of carbonyl (C=O) groups is 1. The molecule has 9 nitrogen and oxygen atoms in total. The summed E-state index contributed by atoms with van der Waals surface area (Å²) in [5.41, 5.74) is 5.63. The van der Waals surface area contributed by atoms with E-state index >= 15 is 0 Å². The van der Waals surface area contributed by atoms with Crippen LogP contribution in [0.5, 0.6) is 5.75 Å². The molecule has 3 rings (SSSR count). The number of hydrogen-bond acceptors (Lipinski definition) is 6. The number of nitrogens with two attached hydrogens (primary N) is 1. The highest BCUT2D eigenvalue weighted by atomic mass is 32.2. The van der Waals surface area contributed by atoms with Crippen molar-refractivity contribution in [1.29, 1.82) is 0 Å². The molecule has 156 valence electrons. The summed E-state index contributed by atoms with van der Waals surface area (Å²) in [4.78, 5) is 11.3. The molecule has 0 bridgehead atoms. The molecule has 2 N–H and O–H groups in total. The summed E-state index contributed by atoms with van der Waals surface area (Å²) in [5.74, 6) is -0.567. The number of ether oxygens (including phenoxy) is 1. The van der Waals surface area contributed by atoms with Gasteiger partial charge in [-0.15, -0.1) is 0 Å². The number of benzene rings is 1. The number of piperidine rings is 1. The van der Waals surface area contributed by atoms with Crippen molar-refractivity contribution in [3.8, 4) is 5.75 Å². The minimum absolute atomic E-state index is 0.0434. The quantitative estimate of drug-likeness (QED) is 0.724. The van der Waals surface area contributed by atoms with Crippen molar-refractivity contribution in [2.75, 3.05) is 36.8 Å². The maximum Gasteiger partial charge on any atom is 0.246 e. The average Bonchev–Trinajstić information content (AvgIpc) is 2.67. The van der Waals surface area contributed by atoms with Gasteiger partial charge in [0.15, 0.2) is 0 Å². The maximum absolute atomic E-state index is 13.2. The molecule has 0 radical (unpaired) electrons. The highest BCUT2D eigenvalue weighted by molar-refractivity contribution is 7.92. The smallest absolute Gasteiger partial charge is 0.246 e. The van der Waals surface area contributed by atoms with E-state index < -0.39 is 26.0 Å². The van der Waals surface area contributed by atoms with Crippen LogP contribution in [0.25, 0.3) is 0 Å². The minimum Gasteiger partial charge on any atom is -0.495 e. The molecule has 1 aromatic carbocycles. The maximum atomic E-state index is 13.2. The van der Waals surface area contributed by atoms with Crippen molar-refractivity contribution in [2.24, 2.45) is 11.7 Å². The van der Waals surface area contributed by atoms with Crippen LogP contribution < -0.4 is 14.8 Å². The van der Waals surface area contributed by atoms with Crippen LogP contribution in [0.3, 0.4) is 0 Å². The standard InChI is InChI=1S/C17H25N3O6S2/c1-26-15-5-4-14(20-8-2-3-11-27(20,22)23)12-16(15)28(24,25)19-9-6-13(7-10-19)17(18)21/h4-5,12-13H,2-3,6-11H2,1H3,(H2,18,21). The van der Waals surface area contributed by atoms with Crippen LogP contribution in [-0.4, -0.2) is 59.5 Å². The first-order valence-electron chi connectivity index (χ1n) is 9.15. The summed E-state index contributed by atoms with van der Waals surface area (Å²) >= 11 is 0. The molecule has 2 fully saturated rings. The fourth-order valence-electron chi connectivity index (χ4n) is 3.62. The third-order valence-electron chi connectivity index (χ3n) is 5.26. The number of anilines is 1. The van der Waals surface area contributed by atoms with Crippen molar-refractivity contribution in [3.05, 3.63) is 18.2 Å². The number of carbonyl (C=O) groups excluding carboxylic acids is 1. The van der Waals surface area contributed by atoms with E-state index in [-0.39, 0.29) is 35.4 Å². The van der Waals surface area contributed by atoms with Crippen molar-refractivity contribution < 1.29 is 26.4 Å². The summed E-state index contributed by atoms with van der Waals surface area (Å²) in [7, 11) is -6.02. The summed E-state index contributed by atoms with van der Waals surface area (Å²) in [6.07, 6.45) is 2.02. The van der Waals surface area contributed by atoms with Gasteiger partial charge in [0.1, 0.15) is 10.6 Å². The van der Waals surface area contributed by atoms with Gasteiger partial charge in [0.05, 0.1) is 18.6 Å². The first kappa shape index (κ1) is 20.9. The zero-order valence-corrected chi connectivity index (χ0v) is 17.3. The normalized spacial score (nSPS) is 21.4. The number of nitrogens with zero attached hydrogens (tertiary/aromatic N) is 2. The Morgan fingerprint density at radius 1 is 1.18 bits per heavy atom. The second-order valence-corrected chi connectivity index (χ2v) is 10.9. The van der Waals surface area contributed by atoms with Gasteiger partial charge in [0.25, 0.3) is 0 Å². The topological polar surface area (TPSA) is 127 Å². The van der Waals surface area contributed by atoms with E-state index in [2.05, 4.69) is 0 Å². The molecular weight excluding hydrogens is 406 g/mol.